The predicted molar refractivity (Wildman–Crippen MR) is 78.6 cm³/mol. The zero-order valence-electron chi connectivity index (χ0n) is 12.6. The van der Waals surface area contributed by atoms with Crippen molar-refractivity contribution in [3.05, 3.63) is 35.4 Å². The van der Waals surface area contributed by atoms with Crippen LogP contribution >= 0.6 is 0 Å². The minimum absolute atomic E-state index is 0.197. The van der Waals surface area contributed by atoms with E-state index in [1.807, 2.05) is 0 Å². The van der Waals surface area contributed by atoms with E-state index >= 15 is 0 Å². The van der Waals surface area contributed by atoms with E-state index in [2.05, 4.69) is 4.90 Å². The normalized spacial score (nSPS) is 25.5. The number of rotatable bonds is 3. The second-order valence-corrected chi connectivity index (χ2v) is 6.22. The van der Waals surface area contributed by atoms with Crippen LogP contribution in [0.25, 0.3) is 0 Å². The summed E-state index contributed by atoms with van der Waals surface area (Å²) in [6.45, 7) is 2.57. The lowest BCUT2D eigenvalue weighted by molar-refractivity contribution is 0.00711. The Balaban J connectivity index is 1.60. The number of ether oxygens (including phenoxy) is 1. The van der Waals surface area contributed by atoms with E-state index in [0.717, 1.165) is 44.5 Å². The second-order valence-electron chi connectivity index (χ2n) is 6.22. The third-order valence-electron chi connectivity index (χ3n) is 4.81. The van der Waals surface area contributed by atoms with E-state index in [1.54, 1.807) is 0 Å². The van der Waals surface area contributed by atoms with Gasteiger partial charge < -0.3 is 4.74 Å². The fourth-order valence-electron chi connectivity index (χ4n) is 3.69. The highest BCUT2D eigenvalue weighted by Crippen LogP contribution is 2.31. The minimum atomic E-state index is -0.868. The van der Waals surface area contributed by atoms with Crippen LogP contribution < -0.4 is 0 Å². The van der Waals surface area contributed by atoms with E-state index in [0.29, 0.717) is 24.6 Å². The Morgan fingerprint density at radius 2 is 2.00 bits per heavy atom. The first-order valence-corrected chi connectivity index (χ1v) is 8.01. The van der Waals surface area contributed by atoms with Gasteiger partial charge in [0.2, 0.25) is 0 Å². The van der Waals surface area contributed by atoms with Gasteiger partial charge in [0, 0.05) is 18.0 Å². The molecule has 120 valence electrons. The summed E-state index contributed by atoms with van der Waals surface area (Å²) >= 11 is 0. The largest absolute Gasteiger partial charge is 0.462 e. The van der Waals surface area contributed by atoms with E-state index < -0.39 is 17.6 Å². The molecule has 2 aliphatic heterocycles. The van der Waals surface area contributed by atoms with Gasteiger partial charge in [0.25, 0.3) is 0 Å². The number of hydrogen-bond donors (Lipinski definition) is 0. The summed E-state index contributed by atoms with van der Waals surface area (Å²) in [5, 5.41) is 0. The zero-order chi connectivity index (χ0) is 15.5. The summed E-state index contributed by atoms with van der Waals surface area (Å²) < 4.78 is 31.8. The van der Waals surface area contributed by atoms with Crippen LogP contribution in [0, 0.1) is 17.6 Å². The Morgan fingerprint density at radius 3 is 2.82 bits per heavy atom. The van der Waals surface area contributed by atoms with Crippen molar-refractivity contribution in [2.45, 2.75) is 38.1 Å². The van der Waals surface area contributed by atoms with Crippen molar-refractivity contribution in [1.29, 1.82) is 0 Å². The van der Waals surface area contributed by atoms with Crippen molar-refractivity contribution < 1.29 is 18.3 Å². The molecular weight excluding hydrogens is 288 g/mol. The summed E-state index contributed by atoms with van der Waals surface area (Å²) in [4.78, 5) is 14.5. The first-order chi connectivity index (χ1) is 10.6. The van der Waals surface area contributed by atoms with Crippen LogP contribution in [0.1, 0.15) is 42.5 Å². The standard InChI is InChI=1S/C17H21F2NO2/c18-13-6-7-14(15(19)10-13)17(21)22-11-12-4-3-9-20-8-2-1-5-16(12)20/h6-7,10,12,16H,1-5,8-9,11H2/t12-,16-/m1/s1. The number of carbonyl (C=O) groups is 1. The van der Waals surface area contributed by atoms with Gasteiger partial charge in [0.05, 0.1) is 12.2 Å². The van der Waals surface area contributed by atoms with Crippen LogP contribution in [0.5, 0.6) is 0 Å². The molecule has 2 fully saturated rings. The Hall–Kier alpha value is -1.49. The lowest BCUT2D eigenvalue weighted by Gasteiger charge is -2.44. The minimum Gasteiger partial charge on any atom is -0.462 e. The maximum absolute atomic E-state index is 13.6. The smallest absolute Gasteiger partial charge is 0.341 e. The Bertz CT molecular complexity index is 547. The summed E-state index contributed by atoms with van der Waals surface area (Å²) in [5.41, 5.74) is -0.197. The third-order valence-corrected chi connectivity index (χ3v) is 4.81. The molecule has 1 aromatic carbocycles. The predicted octanol–water partition coefficient (Wildman–Crippen LogP) is 3.39. The number of hydrogen-bond acceptors (Lipinski definition) is 3. The molecule has 0 spiro atoms. The van der Waals surface area contributed by atoms with E-state index in [-0.39, 0.29) is 5.56 Å². The number of benzene rings is 1. The maximum Gasteiger partial charge on any atom is 0.341 e. The van der Waals surface area contributed by atoms with Crippen molar-refractivity contribution in [2.75, 3.05) is 19.7 Å². The van der Waals surface area contributed by atoms with Crippen molar-refractivity contribution in [1.82, 2.24) is 4.90 Å². The molecule has 2 saturated heterocycles. The molecule has 2 atom stereocenters. The number of fused-ring (bicyclic) bond motifs is 1. The summed E-state index contributed by atoms with van der Waals surface area (Å²) in [6, 6.07) is 3.40. The molecule has 2 heterocycles. The van der Waals surface area contributed by atoms with Gasteiger partial charge in [-0.15, -0.1) is 0 Å². The molecule has 1 aromatic rings. The molecule has 0 aromatic heterocycles. The van der Waals surface area contributed by atoms with Crippen molar-refractivity contribution in [2.24, 2.45) is 5.92 Å². The molecule has 5 heteroatoms. The number of carbonyl (C=O) groups excluding carboxylic acids is 1. The van der Waals surface area contributed by atoms with Gasteiger partial charge in [-0.3, -0.25) is 4.90 Å². The molecule has 0 unspecified atom stereocenters. The third kappa shape index (κ3) is 3.29. The number of esters is 1. The molecule has 0 bridgehead atoms. The molecule has 0 N–H and O–H groups in total. The number of halogens is 2. The van der Waals surface area contributed by atoms with Crippen LogP contribution in [-0.2, 0) is 4.74 Å². The van der Waals surface area contributed by atoms with Crippen LogP contribution in [-0.4, -0.2) is 36.6 Å². The van der Waals surface area contributed by atoms with Crippen LogP contribution in [0.3, 0.4) is 0 Å². The lowest BCUT2D eigenvalue weighted by Crippen LogP contribution is -2.49. The second kappa shape index (κ2) is 6.73. The average Bonchev–Trinajstić information content (AvgIpc) is 2.52. The zero-order valence-corrected chi connectivity index (χ0v) is 12.6. The molecule has 0 aliphatic carbocycles. The van der Waals surface area contributed by atoms with Gasteiger partial charge in [-0.25, -0.2) is 13.6 Å². The van der Waals surface area contributed by atoms with Gasteiger partial charge in [-0.2, -0.15) is 0 Å². The van der Waals surface area contributed by atoms with Gasteiger partial charge in [0.1, 0.15) is 11.6 Å². The van der Waals surface area contributed by atoms with Crippen molar-refractivity contribution >= 4 is 5.97 Å². The average molecular weight is 309 g/mol. The molecule has 3 rings (SSSR count). The summed E-state index contributed by atoms with van der Waals surface area (Å²) in [7, 11) is 0. The number of nitrogens with zero attached hydrogens (tertiary/aromatic N) is 1. The van der Waals surface area contributed by atoms with Crippen molar-refractivity contribution in [3.63, 3.8) is 0 Å². The van der Waals surface area contributed by atoms with Crippen LogP contribution in [0.15, 0.2) is 18.2 Å². The van der Waals surface area contributed by atoms with Gasteiger partial charge in [-0.1, -0.05) is 6.42 Å². The highest BCUT2D eigenvalue weighted by molar-refractivity contribution is 5.89. The van der Waals surface area contributed by atoms with Gasteiger partial charge in [0.15, 0.2) is 0 Å². The van der Waals surface area contributed by atoms with Crippen molar-refractivity contribution in [3.8, 4) is 0 Å². The molecule has 0 amide bonds. The summed E-state index contributed by atoms with van der Waals surface area (Å²) in [6.07, 6.45) is 5.76. The fraction of sp³-hybridized carbons (Fsp3) is 0.588. The molecular formula is C17H21F2NO2. The van der Waals surface area contributed by atoms with Gasteiger partial charge in [-0.05, 0) is 50.9 Å². The SMILES string of the molecule is O=C(OC[C@H]1CCCN2CCCC[C@H]12)c1ccc(F)cc1F. The lowest BCUT2D eigenvalue weighted by atomic mass is 9.84. The topological polar surface area (TPSA) is 29.5 Å². The van der Waals surface area contributed by atoms with E-state index in [9.17, 15) is 13.6 Å². The molecule has 22 heavy (non-hydrogen) atoms. The molecule has 3 nitrogen and oxygen atoms in total. The highest BCUT2D eigenvalue weighted by Gasteiger charge is 2.33. The Morgan fingerprint density at radius 1 is 1.18 bits per heavy atom. The summed E-state index contributed by atoms with van der Waals surface area (Å²) in [5.74, 6) is -1.95. The first kappa shape index (κ1) is 15.4. The molecule has 0 saturated carbocycles. The van der Waals surface area contributed by atoms with Crippen LogP contribution in [0.4, 0.5) is 8.78 Å². The Kier molecular flexibility index (Phi) is 4.71. The van der Waals surface area contributed by atoms with E-state index in [1.165, 1.54) is 12.8 Å². The Labute approximate surface area is 129 Å². The quantitative estimate of drug-likeness (QED) is 0.802. The first-order valence-electron chi connectivity index (χ1n) is 8.01. The fourth-order valence-corrected chi connectivity index (χ4v) is 3.69. The van der Waals surface area contributed by atoms with Crippen LogP contribution in [0.2, 0.25) is 0 Å². The maximum atomic E-state index is 13.6. The monoisotopic (exact) mass is 309 g/mol. The van der Waals surface area contributed by atoms with E-state index in [4.69, 9.17) is 4.74 Å². The van der Waals surface area contributed by atoms with Gasteiger partial charge >= 0.3 is 5.97 Å². The molecule has 0 radical (unpaired) electrons. The number of piperidine rings is 2. The highest BCUT2D eigenvalue weighted by atomic mass is 19.1. The molecule has 2 aliphatic rings.